The summed E-state index contributed by atoms with van der Waals surface area (Å²) in [5.74, 6) is -1.88. The number of nitrogens with zero attached hydrogens (tertiary/aromatic N) is 2. The van der Waals surface area contributed by atoms with Crippen molar-refractivity contribution in [2.75, 3.05) is 33.3 Å². The van der Waals surface area contributed by atoms with Gasteiger partial charge in [0.25, 0.3) is 0 Å². The molecular weight excluding hydrogens is 264 g/mol. The molecule has 2 unspecified atom stereocenters. The molecule has 0 saturated carbocycles. The molecule has 2 fully saturated rings. The summed E-state index contributed by atoms with van der Waals surface area (Å²) in [5.41, 5.74) is 0. The number of carboxylic acids is 1. The summed E-state index contributed by atoms with van der Waals surface area (Å²) in [4.78, 5) is 38.0. The number of carboxylic acid groups (broad SMARTS) is 1. The zero-order chi connectivity index (χ0) is 14.7. The Morgan fingerprint density at radius 3 is 2.35 bits per heavy atom. The monoisotopic (exact) mass is 284 g/mol. The van der Waals surface area contributed by atoms with Crippen LogP contribution in [-0.2, 0) is 14.3 Å². The highest BCUT2D eigenvalue weighted by molar-refractivity contribution is 5.79. The van der Waals surface area contributed by atoms with Crippen LogP contribution in [0.25, 0.3) is 0 Å². The average molecular weight is 284 g/mol. The van der Waals surface area contributed by atoms with E-state index in [1.807, 2.05) is 0 Å². The normalized spacial score (nSPS) is 26.4. The topological polar surface area (TPSA) is 87.2 Å². The van der Waals surface area contributed by atoms with Gasteiger partial charge in [0.2, 0.25) is 0 Å². The summed E-state index contributed by atoms with van der Waals surface area (Å²) in [6.45, 7) is 1.72. The predicted molar refractivity (Wildman–Crippen MR) is 69.0 cm³/mol. The number of aliphatic carboxylic acids is 1. The molecule has 0 spiro atoms. The van der Waals surface area contributed by atoms with Crippen LogP contribution in [0.3, 0.4) is 0 Å². The minimum Gasteiger partial charge on any atom is -0.481 e. The van der Waals surface area contributed by atoms with Gasteiger partial charge in [-0.15, -0.1) is 0 Å². The quantitative estimate of drug-likeness (QED) is 0.742. The fraction of sp³-hybridized carbons (Fsp3) is 0.769. The molecule has 2 aliphatic heterocycles. The number of piperidine rings is 1. The minimum atomic E-state index is -0.851. The Bertz CT molecular complexity index is 412. The molecule has 0 aliphatic carbocycles. The van der Waals surface area contributed by atoms with Crippen LogP contribution < -0.4 is 0 Å². The van der Waals surface area contributed by atoms with Crippen LogP contribution in [0.1, 0.15) is 19.3 Å². The van der Waals surface area contributed by atoms with Crippen molar-refractivity contribution in [3.8, 4) is 0 Å². The Labute approximate surface area is 117 Å². The maximum atomic E-state index is 12.3. The average Bonchev–Trinajstić information content (AvgIpc) is 2.95. The molecule has 2 rings (SSSR count). The van der Waals surface area contributed by atoms with Crippen molar-refractivity contribution in [3.63, 3.8) is 0 Å². The number of rotatable bonds is 2. The van der Waals surface area contributed by atoms with Gasteiger partial charge < -0.3 is 19.6 Å². The lowest BCUT2D eigenvalue weighted by Crippen LogP contribution is -2.48. The Hall–Kier alpha value is -1.79. The van der Waals surface area contributed by atoms with Crippen LogP contribution in [0, 0.1) is 11.8 Å². The first kappa shape index (κ1) is 14.6. The van der Waals surface area contributed by atoms with E-state index in [1.54, 1.807) is 9.80 Å². The van der Waals surface area contributed by atoms with Crippen LogP contribution in [0.15, 0.2) is 0 Å². The molecule has 7 heteroatoms. The molecule has 112 valence electrons. The van der Waals surface area contributed by atoms with Crippen LogP contribution >= 0.6 is 0 Å². The lowest BCUT2D eigenvalue weighted by atomic mass is 9.99. The molecule has 2 amide bonds. The molecular formula is C13H20N2O5. The van der Waals surface area contributed by atoms with Gasteiger partial charge in [-0.05, 0) is 19.3 Å². The number of hydrogen-bond donors (Lipinski definition) is 1. The number of urea groups is 1. The fourth-order valence-electron chi connectivity index (χ4n) is 2.85. The highest BCUT2D eigenvalue weighted by Crippen LogP contribution is 2.22. The highest BCUT2D eigenvalue weighted by atomic mass is 16.5. The Morgan fingerprint density at radius 2 is 1.70 bits per heavy atom. The second-order valence-corrected chi connectivity index (χ2v) is 5.36. The van der Waals surface area contributed by atoms with Crippen LogP contribution in [0.5, 0.6) is 0 Å². The van der Waals surface area contributed by atoms with Gasteiger partial charge >= 0.3 is 18.0 Å². The standard InChI is InChI=1S/C13H20N2O5/c1-20-12(18)10-4-6-15(8-10)13(19)14-5-2-3-9(7-14)11(16)17/h9-10H,2-8H2,1H3,(H,16,17). The smallest absolute Gasteiger partial charge is 0.320 e. The van der Waals surface area contributed by atoms with Gasteiger partial charge in [0, 0.05) is 26.2 Å². The van der Waals surface area contributed by atoms with E-state index in [1.165, 1.54) is 7.11 Å². The van der Waals surface area contributed by atoms with Crippen LogP contribution in [0.4, 0.5) is 4.79 Å². The van der Waals surface area contributed by atoms with E-state index >= 15 is 0 Å². The van der Waals surface area contributed by atoms with E-state index in [0.29, 0.717) is 38.9 Å². The minimum absolute atomic E-state index is 0.164. The third kappa shape index (κ3) is 3.02. The zero-order valence-corrected chi connectivity index (χ0v) is 11.6. The molecule has 0 radical (unpaired) electrons. The van der Waals surface area contributed by atoms with E-state index < -0.39 is 11.9 Å². The summed E-state index contributed by atoms with van der Waals surface area (Å²) in [6.07, 6.45) is 1.93. The zero-order valence-electron chi connectivity index (χ0n) is 11.6. The first-order valence-corrected chi connectivity index (χ1v) is 6.87. The van der Waals surface area contributed by atoms with Crippen molar-refractivity contribution < 1.29 is 24.2 Å². The second-order valence-electron chi connectivity index (χ2n) is 5.36. The van der Waals surface area contributed by atoms with Crippen LogP contribution in [-0.4, -0.2) is 66.2 Å². The van der Waals surface area contributed by atoms with Crippen LogP contribution in [0.2, 0.25) is 0 Å². The number of esters is 1. The first-order chi connectivity index (χ1) is 9.52. The van der Waals surface area contributed by atoms with Gasteiger partial charge in [0.15, 0.2) is 0 Å². The van der Waals surface area contributed by atoms with E-state index in [4.69, 9.17) is 5.11 Å². The predicted octanol–water partition coefficient (Wildman–Crippen LogP) is 0.398. The number of carbonyl (C=O) groups excluding carboxylic acids is 2. The summed E-state index contributed by atoms with van der Waals surface area (Å²) >= 11 is 0. The number of amides is 2. The van der Waals surface area contributed by atoms with E-state index in [9.17, 15) is 14.4 Å². The molecule has 7 nitrogen and oxygen atoms in total. The lowest BCUT2D eigenvalue weighted by Gasteiger charge is -2.33. The molecule has 2 heterocycles. The van der Waals surface area contributed by atoms with Crippen molar-refractivity contribution in [2.45, 2.75) is 19.3 Å². The molecule has 0 bridgehead atoms. The van der Waals surface area contributed by atoms with Crippen molar-refractivity contribution in [1.82, 2.24) is 9.80 Å². The van der Waals surface area contributed by atoms with Crippen molar-refractivity contribution >= 4 is 18.0 Å². The van der Waals surface area contributed by atoms with E-state index in [0.717, 1.165) is 0 Å². The summed E-state index contributed by atoms with van der Waals surface area (Å²) in [5, 5.41) is 9.04. The summed E-state index contributed by atoms with van der Waals surface area (Å²) in [7, 11) is 1.34. The third-order valence-electron chi connectivity index (χ3n) is 4.03. The number of hydrogen-bond acceptors (Lipinski definition) is 4. The Kier molecular flexibility index (Phi) is 4.46. The number of likely N-dealkylation sites (tertiary alicyclic amines) is 2. The largest absolute Gasteiger partial charge is 0.481 e. The molecule has 20 heavy (non-hydrogen) atoms. The second kappa shape index (κ2) is 6.11. The molecule has 2 atom stereocenters. The van der Waals surface area contributed by atoms with E-state index in [2.05, 4.69) is 4.74 Å². The van der Waals surface area contributed by atoms with Crippen molar-refractivity contribution in [1.29, 1.82) is 0 Å². The third-order valence-corrected chi connectivity index (χ3v) is 4.03. The maximum Gasteiger partial charge on any atom is 0.320 e. The molecule has 2 saturated heterocycles. The van der Waals surface area contributed by atoms with Gasteiger partial charge in [-0.1, -0.05) is 0 Å². The molecule has 1 N–H and O–H groups in total. The maximum absolute atomic E-state index is 12.3. The van der Waals surface area contributed by atoms with Gasteiger partial charge in [-0.25, -0.2) is 4.79 Å². The summed E-state index contributed by atoms with van der Waals surface area (Å²) in [6, 6.07) is -0.164. The number of methoxy groups -OCH3 is 1. The highest BCUT2D eigenvalue weighted by Gasteiger charge is 2.36. The number of carbonyl (C=O) groups is 3. The molecule has 0 aromatic heterocycles. The van der Waals surface area contributed by atoms with E-state index in [-0.39, 0.29) is 24.5 Å². The Balaban J connectivity index is 1.91. The first-order valence-electron chi connectivity index (χ1n) is 6.87. The fourth-order valence-corrected chi connectivity index (χ4v) is 2.85. The molecule has 0 aromatic rings. The van der Waals surface area contributed by atoms with Gasteiger partial charge in [-0.2, -0.15) is 0 Å². The lowest BCUT2D eigenvalue weighted by molar-refractivity contribution is -0.145. The van der Waals surface area contributed by atoms with Gasteiger partial charge in [-0.3, -0.25) is 9.59 Å². The SMILES string of the molecule is COC(=O)C1CCN(C(=O)N2CCCC(C(=O)O)C2)C1. The molecule has 0 aromatic carbocycles. The number of ether oxygens (including phenoxy) is 1. The van der Waals surface area contributed by atoms with Gasteiger partial charge in [0.1, 0.15) is 0 Å². The summed E-state index contributed by atoms with van der Waals surface area (Å²) < 4.78 is 4.69. The van der Waals surface area contributed by atoms with Crippen molar-refractivity contribution in [3.05, 3.63) is 0 Å². The van der Waals surface area contributed by atoms with Crippen molar-refractivity contribution in [2.24, 2.45) is 11.8 Å². The van der Waals surface area contributed by atoms with Gasteiger partial charge in [0.05, 0.1) is 18.9 Å². The Morgan fingerprint density at radius 1 is 1.05 bits per heavy atom. The molecule has 2 aliphatic rings.